The van der Waals surface area contributed by atoms with Crippen LogP contribution in [0.4, 0.5) is 0 Å². The number of benzene rings is 2. The van der Waals surface area contributed by atoms with Crippen LogP contribution in [-0.4, -0.2) is 51.0 Å². The number of nitrogens with one attached hydrogen (secondary N) is 2. The summed E-state index contributed by atoms with van der Waals surface area (Å²) in [6.45, 7) is 6.95. The van der Waals surface area contributed by atoms with Crippen LogP contribution >= 0.6 is 0 Å². The number of aromatic amines is 1. The molecule has 2 aromatic carbocycles. The van der Waals surface area contributed by atoms with E-state index in [1.807, 2.05) is 19.9 Å². The molecule has 1 saturated heterocycles. The molecule has 33 heavy (non-hydrogen) atoms. The molecule has 4 rings (SSSR count). The molecule has 0 bridgehead atoms. The van der Waals surface area contributed by atoms with Crippen LogP contribution in [0, 0.1) is 12.3 Å². The molecule has 7 heteroatoms. The Hall–Kier alpha value is -3.48. The Morgan fingerprint density at radius 2 is 1.91 bits per heavy atom. The lowest BCUT2D eigenvalue weighted by Crippen LogP contribution is -2.55. The predicted molar refractivity (Wildman–Crippen MR) is 128 cm³/mol. The van der Waals surface area contributed by atoms with Crippen LogP contribution in [0.3, 0.4) is 0 Å². The predicted octanol–water partition coefficient (Wildman–Crippen LogP) is 3.77. The quantitative estimate of drug-likeness (QED) is 0.604. The normalized spacial score (nSPS) is 18.4. The number of hydrogen-bond donors (Lipinski definition) is 2. The standard InChI is InChI=1S/C26H31N5O2/c1-18(2)29-25(33)26(11-6-12-31(16-26)24(32)23-27-17-28-30-23)15-20-8-5-10-22(14-20)21-9-4-7-19(3)13-21/h4-5,7-10,13-14,17-18H,6,11-12,15-16H2,1-3H3,(H,29,33)(H,27,28,30)/t26-/m0/s1. The van der Waals surface area contributed by atoms with Gasteiger partial charge in [0.15, 0.2) is 0 Å². The average molecular weight is 446 g/mol. The first-order valence-corrected chi connectivity index (χ1v) is 11.5. The van der Waals surface area contributed by atoms with Crippen molar-refractivity contribution in [1.82, 2.24) is 25.4 Å². The number of aromatic nitrogens is 3. The van der Waals surface area contributed by atoms with Gasteiger partial charge in [0.05, 0.1) is 5.41 Å². The van der Waals surface area contributed by atoms with E-state index in [9.17, 15) is 9.59 Å². The molecule has 0 radical (unpaired) electrons. The maximum atomic E-state index is 13.5. The molecular formula is C26H31N5O2. The van der Waals surface area contributed by atoms with E-state index < -0.39 is 5.41 Å². The smallest absolute Gasteiger partial charge is 0.291 e. The van der Waals surface area contributed by atoms with E-state index in [-0.39, 0.29) is 23.7 Å². The largest absolute Gasteiger partial charge is 0.353 e. The van der Waals surface area contributed by atoms with Crippen molar-refractivity contribution in [1.29, 1.82) is 0 Å². The van der Waals surface area contributed by atoms with Crippen LogP contribution in [0.1, 0.15) is 48.4 Å². The van der Waals surface area contributed by atoms with Gasteiger partial charge in [-0.3, -0.25) is 14.7 Å². The third-order valence-corrected chi connectivity index (χ3v) is 6.20. The molecule has 1 aliphatic heterocycles. The zero-order valence-electron chi connectivity index (χ0n) is 19.5. The molecule has 1 aliphatic rings. The first-order valence-electron chi connectivity index (χ1n) is 11.5. The number of rotatable bonds is 6. The monoisotopic (exact) mass is 445 g/mol. The summed E-state index contributed by atoms with van der Waals surface area (Å²) in [4.78, 5) is 32.2. The third-order valence-electron chi connectivity index (χ3n) is 6.20. The Bertz CT molecular complexity index is 1130. The second-order valence-corrected chi connectivity index (χ2v) is 9.32. The molecule has 2 N–H and O–H groups in total. The first-order chi connectivity index (χ1) is 15.9. The van der Waals surface area contributed by atoms with Crippen LogP contribution in [-0.2, 0) is 11.2 Å². The Balaban J connectivity index is 1.64. The SMILES string of the molecule is Cc1cccc(-c2cccc(C[C@@]3(C(=O)NC(C)C)CCCN(C(=O)c4ncn[nH]4)C3)c2)c1. The topological polar surface area (TPSA) is 91.0 Å². The Morgan fingerprint density at radius 3 is 2.61 bits per heavy atom. The van der Waals surface area contributed by atoms with Crippen LogP contribution < -0.4 is 5.32 Å². The van der Waals surface area contributed by atoms with E-state index in [0.717, 1.165) is 29.5 Å². The van der Waals surface area contributed by atoms with Gasteiger partial charge >= 0.3 is 0 Å². The number of H-pyrrole nitrogens is 1. The van der Waals surface area contributed by atoms with Gasteiger partial charge in [0.25, 0.3) is 5.91 Å². The van der Waals surface area contributed by atoms with Gasteiger partial charge in [-0.15, -0.1) is 0 Å². The zero-order valence-corrected chi connectivity index (χ0v) is 19.5. The zero-order chi connectivity index (χ0) is 23.4. The number of hydrogen-bond acceptors (Lipinski definition) is 4. The summed E-state index contributed by atoms with van der Waals surface area (Å²) in [6.07, 6.45) is 3.36. The second-order valence-electron chi connectivity index (χ2n) is 9.32. The van der Waals surface area contributed by atoms with Crippen molar-refractivity contribution in [2.45, 2.75) is 46.1 Å². The van der Waals surface area contributed by atoms with Gasteiger partial charge in [-0.25, -0.2) is 4.98 Å². The third kappa shape index (κ3) is 5.13. The van der Waals surface area contributed by atoms with E-state index >= 15 is 0 Å². The molecule has 0 saturated carbocycles. The van der Waals surface area contributed by atoms with Crippen molar-refractivity contribution in [2.24, 2.45) is 5.41 Å². The number of carbonyl (C=O) groups is 2. The van der Waals surface area contributed by atoms with Gasteiger partial charge in [-0.1, -0.05) is 54.1 Å². The number of nitrogens with zero attached hydrogens (tertiary/aromatic N) is 3. The van der Waals surface area contributed by atoms with Crippen LogP contribution in [0.25, 0.3) is 11.1 Å². The highest BCUT2D eigenvalue weighted by Gasteiger charge is 2.44. The number of carbonyl (C=O) groups excluding carboxylic acids is 2. The molecule has 0 spiro atoms. The molecule has 172 valence electrons. The minimum Gasteiger partial charge on any atom is -0.353 e. The fourth-order valence-corrected chi connectivity index (χ4v) is 4.66. The molecule has 1 aromatic heterocycles. The van der Waals surface area contributed by atoms with Crippen molar-refractivity contribution in [3.63, 3.8) is 0 Å². The minimum absolute atomic E-state index is 0.00599. The van der Waals surface area contributed by atoms with Crippen LogP contribution in [0.15, 0.2) is 54.9 Å². The van der Waals surface area contributed by atoms with E-state index in [0.29, 0.717) is 19.5 Å². The minimum atomic E-state index is -0.705. The molecule has 3 aromatic rings. The van der Waals surface area contributed by atoms with Gasteiger partial charge in [0, 0.05) is 19.1 Å². The maximum Gasteiger partial charge on any atom is 0.291 e. The molecule has 0 aliphatic carbocycles. The summed E-state index contributed by atoms with van der Waals surface area (Å²) in [5.74, 6) is -0.0209. The highest BCUT2D eigenvalue weighted by atomic mass is 16.2. The van der Waals surface area contributed by atoms with Crippen LogP contribution in [0.2, 0.25) is 0 Å². The van der Waals surface area contributed by atoms with Gasteiger partial charge < -0.3 is 10.2 Å². The van der Waals surface area contributed by atoms with Crippen molar-refractivity contribution in [2.75, 3.05) is 13.1 Å². The lowest BCUT2D eigenvalue weighted by atomic mass is 9.73. The number of aryl methyl sites for hydroxylation is 1. The number of piperidine rings is 1. The highest BCUT2D eigenvalue weighted by molar-refractivity contribution is 5.91. The van der Waals surface area contributed by atoms with Gasteiger partial charge in [-0.05, 0) is 56.7 Å². The fraction of sp³-hybridized carbons (Fsp3) is 0.385. The van der Waals surface area contributed by atoms with Gasteiger partial charge in [-0.2, -0.15) is 5.10 Å². The number of amides is 2. The molecule has 2 amide bonds. The van der Waals surface area contributed by atoms with E-state index in [2.05, 4.69) is 69.9 Å². The summed E-state index contributed by atoms with van der Waals surface area (Å²) in [5.41, 5.74) is 3.87. The van der Waals surface area contributed by atoms with E-state index in [1.165, 1.54) is 11.9 Å². The Morgan fingerprint density at radius 1 is 1.15 bits per heavy atom. The van der Waals surface area contributed by atoms with Gasteiger partial charge in [0.2, 0.25) is 11.7 Å². The molecule has 2 heterocycles. The van der Waals surface area contributed by atoms with E-state index in [1.54, 1.807) is 4.90 Å². The van der Waals surface area contributed by atoms with Gasteiger partial charge in [0.1, 0.15) is 6.33 Å². The first kappa shape index (κ1) is 22.7. The molecule has 7 nitrogen and oxygen atoms in total. The average Bonchev–Trinajstić information content (AvgIpc) is 3.33. The fourth-order valence-electron chi connectivity index (χ4n) is 4.66. The highest BCUT2D eigenvalue weighted by Crippen LogP contribution is 2.36. The summed E-state index contributed by atoms with van der Waals surface area (Å²) < 4.78 is 0. The molecule has 1 atom stereocenters. The summed E-state index contributed by atoms with van der Waals surface area (Å²) in [6, 6.07) is 16.8. The van der Waals surface area contributed by atoms with Crippen molar-refractivity contribution in [3.05, 3.63) is 71.8 Å². The summed E-state index contributed by atoms with van der Waals surface area (Å²) >= 11 is 0. The van der Waals surface area contributed by atoms with Crippen LogP contribution in [0.5, 0.6) is 0 Å². The molecule has 0 unspecified atom stereocenters. The van der Waals surface area contributed by atoms with Crippen molar-refractivity contribution < 1.29 is 9.59 Å². The van der Waals surface area contributed by atoms with Crippen molar-refractivity contribution in [3.8, 4) is 11.1 Å². The Labute approximate surface area is 194 Å². The van der Waals surface area contributed by atoms with Crippen molar-refractivity contribution >= 4 is 11.8 Å². The summed E-state index contributed by atoms with van der Waals surface area (Å²) in [5, 5.41) is 9.56. The molecular weight excluding hydrogens is 414 g/mol. The number of likely N-dealkylation sites (tertiary alicyclic amines) is 1. The lowest BCUT2D eigenvalue weighted by Gasteiger charge is -2.42. The lowest BCUT2D eigenvalue weighted by molar-refractivity contribution is -0.134. The molecule has 1 fully saturated rings. The second kappa shape index (κ2) is 9.57. The van der Waals surface area contributed by atoms with E-state index in [4.69, 9.17) is 0 Å². The summed E-state index contributed by atoms with van der Waals surface area (Å²) in [7, 11) is 0. The maximum absolute atomic E-state index is 13.5. The Kier molecular flexibility index (Phi) is 6.58.